The number of carbonyl (C=O) groups excluding carboxylic acids is 2. The Morgan fingerprint density at radius 2 is 1.51 bits per heavy atom. The Morgan fingerprint density at radius 1 is 0.829 bits per heavy atom. The van der Waals surface area contributed by atoms with Crippen molar-refractivity contribution in [1.29, 1.82) is 0 Å². The van der Waals surface area contributed by atoms with Gasteiger partial charge in [-0.05, 0) is 37.3 Å². The molecule has 2 N–H and O–H groups in total. The van der Waals surface area contributed by atoms with Gasteiger partial charge in [0.05, 0.1) is 27.9 Å². The lowest BCUT2D eigenvalue weighted by Gasteiger charge is -2.12. The highest BCUT2D eigenvalue weighted by atomic mass is 16.2. The monoisotopic (exact) mass is 464 g/mol. The van der Waals surface area contributed by atoms with E-state index >= 15 is 0 Å². The Morgan fingerprint density at radius 3 is 2.26 bits per heavy atom. The molecule has 0 radical (unpaired) electrons. The van der Waals surface area contributed by atoms with Crippen molar-refractivity contribution in [3.63, 3.8) is 0 Å². The normalized spacial score (nSPS) is 10.9. The number of aromatic nitrogens is 4. The van der Waals surface area contributed by atoms with Crippen LogP contribution in [0.3, 0.4) is 0 Å². The Labute approximate surface area is 199 Å². The molecule has 35 heavy (non-hydrogen) atoms. The molecule has 0 aliphatic carbocycles. The van der Waals surface area contributed by atoms with Gasteiger partial charge in [0.2, 0.25) is 0 Å². The number of rotatable bonds is 4. The minimum Gasteiger partial charge on any atom is -0.267 e. The van der Waals surface area contributed by atoms with Crippen LogP contribution < -0.4 is 16.4 Å². The molecule has 0 unspecified atom stereocenters. The lowest BCUT2D eigenvalue weighted by atomic mass is 10.1. The van der Waals surface area contributed by atoms with Crippen molar-refractivity contribution >= 4 is 33.5 Å². The van der Waals surface area contributed by atoms with E-state index in [2.05, 4.69) is 25.9 Å². The second-order valence-electron chi connectivity index (χ2n) is 7.71. The van der Waals surface area contributed by atoms with Gasteiger partial charge in [-0.3, -0.25) is 30.2 Å². The molecule has 3 aromatic heterocycles. The van der Waals surface area contributed by atoms with E-state index in [1.54, 1.807) is 67.7 Å². The predicted molar refractivity (Wildman–Crippen MR) is 132 cm³/mol. The number of hydrogen-bond donors (Lipinski definition) is 2. The standard InChI is InChI=1S/C26H20N6O3/c1-2-32-26(35)18-11-4-3-10-17(18)23(31-32)25(34)30-29-24(33)19-15-22(21-13-7-8-14-27-21)28-20-12-6-5-9-16(19)20/h3-15H,2H2,1H3,(H,29,33)(H,30,34). The third kappa shape index (κ3) is 4.10. The van der Waals surface area contributed by atoms with E-state index in [1.165, 1.54) is 4.68 Å². The third-order valence-electron chi connectivity index (χ3n) is 5.56. The van der Waals surface area contributed by atoms with Crippen LogP contribution in [-0.4, -0.2) is 31.6 Å². The Hall–Kier alpha value is -4.92. The molecule has 2 aromatic carbocycles. The van der Waals surface area contributed by atoms with Crippen LogP contribution in [0.4, 0.5) is 0 Å². The van der Waals surface area contributed by atoms with Crippen LogP contribution in [0, 0.1) is 0 Å². The summed E-state index contributed by atoms with van der Waals surface area (Å²) < 4.78 is 1.22. The average Bonchev–Trinajstić information content (AvgIpc) is 2.91. The van der Waals surface area contributed by atoms with E-state index < -0.39 is 11.8 Å². The van der Waals surface area contributed by atoms with Crippen LogP contribution in [-0.2, 0) is 6.54 Å². The Balaban J connectivity index is 1.48. The van der Waals surface area contributed by atoms with E-state index in [4.69, 9.17) is 0 Å². The number of pyridine rings is 2. The molecule has 0 atom stereocenters. The van der Waals surface area contributed by atoms with E-state index in [0.717, 1.165) is 0 Å². The maximum Gasteiger partial charge on any atom is 0.290 e. The van der Waals surface area contributed by atoms with Gasteiger partial charge in [0, 0.05) is 23.5 Å². The molecule has 0 spiro atoms. The molecule has 0 bridgehead atoms. The number of fused-ring (bicyclic) bond motifs is 2. The molecule has 5 aromatic rings. The van der Waals surface area contributed by atoms with Crippen LogP contribution in [0.2, 0.25) is 0 Å². The largest absolute Gasteiger partial charge is 0.290 e. The number of carbonyl (C=O) groups is 2. The number of aryl methyl sites for hydroxylation is 1. The van der Waals surface area contributed by atoms with Crippen molar-refractivity contribution in [1.82, 2.24) is 30.6 Å². The summed E-state index contributed by atoms with van der Waals surface area (Å²) >= 11 is 0. The minimum absolute atomic E-state index is 0.0381. The van der Waals surface area contributed by atoms with Gasteiger partial charge in [-0.1, -0.05) is 42.5 Å². The summed E-state index contributed by atoms with van der Waals surface area (Å²) in [5.41, 5.74) is 6.75. The first-order valence-corrected chi connectivity index (χ1v) is 11.0. The fraction of sp³-hybridized carbons (Fsp3) is 0.0769. The number of para-hydroxylation sites is 1. The zero-order valence-electron chi connectivity index (χ0n) is 18.7. The van der Waals surface area contributed by atoms with Crippen molar-refractivity contribution < 1.29 is 9.59 Å². The summed E-state index contributed by atoms with van der Waals surface area (Å²) in [4.78, 5) is 47.7. The highest BCUT2D eigenvalue weighted by molar-refractivity contribution is 6.09. The second-order valence-corrected chi connectivity index (χ2v) is 7.71. The number of hydrogen-bond acceptors (Lipinski definition) is 6. The van der Waals surface area contributed by atoms with Crippen LogP contribution in [0.1, 0.15) is 27.8 Å². The third-order valence-corrected chi connectivity index (χ3v) is 5.56. The van der Waals surface area contributed by atoms with Gasteiger partial charge < -0.3 is 0 Å². The van der Waals surface area contributed by atoms with E-state index in [-0.39, 0.29) is 11.3 Å². The fourth-order valence-electron chi connectivity index (χ4n) is 3.87. The first kappa shape index (κ1) is 21.9. The fourth-order valence-corrected chi connectivity index (χ4v) is 3.87. The highest BCUT2D eigenvalue weighted by Crippen LogP contribution is 2.23. The Bertz CT molecular complexity index is 1650. The summed E-state index contributed by atoms with van der Waals surface area (Å²) in [5, 5.41) is 5.60. The van der Waals surface area contributed by atoms with Crippen molar-refractivity contribution in [3.05, 3.63) is 101 Å². The molecule has 0 saturated heterocycles. The van der Waals surface area contributed by atoms with Gasteiger partial charge in [0.1, 0.15) is 0 Å². The van der Waals surface area contributed by atoms with Crippen LogP contribution in [0.5, 0.6) is 0 Å². The van der Waals surface area contributed by atoms with Gasteiger partial charge in [-0.25, -0.2) is 9.67 Å². The van der Waals surface area contributed by atoms with Crippen molar-refractivity contribution in [3.8, 4) is 11.4 Å². The first-order chi connectivity index (χ1) is 17.1. The maximum atomic E-state index is 13.2. The van der Waals surface area contributed by atoms with Crippen LogP contribution >= 0.6 is 0 Å². The molecule has 0 aliphatic rings. The summed E-state index contributed by atoms with van der Waals surface area (Å²) in [6.45, 7) is 2.07. The lowest BCUT2D eigenvalue weighted by Crippen LogP contribution is -2.43. The summed E-state index contributed by atoms with van der Waals surface area (Å²) in [5.74, 6) is -1.16. The zero-order chi connectivity index (χ0) is 24.4. The topological polar surface area (TPSA) is 119 Å². The first-order valence-electron chi connectivity index (χ1n) is 11.0. The van der Waals surface area contributed by atoms with Crippen molar-refractivity contribution in [2.24, 2.45) is 0 Å². The molecule has 0 aliphatic heterocycles. The number of hydrazine groups is 1. The maximum absolute atomic E-state index is 13.2. The van der Waals surface area contributed by atoms with Crippen LogP contribution in [0.25, 0.3) is 33.1 Å². The summed E-state index contributed by atoms with van der Waals surface area (Å²) in [6, 6.07) is 21.0. The molecule has 9 heteroatoms. The molecule has 0 saturated carbocycles. The van der Waals surface area contributed by atoms with Gasteiger partial charge in [-0.15, -0.1) is 0 Å². The highest BCUT2D eigenvalue weighted by Gasteiger charge is 2.19. The van der Waals surface area contributed by atoms with Gasteiger partial charge >= 0.3 is 0 Å². The second kappa shape index (κ2) is 9.14. The summed E-state index contributed by atoms with van der Waals surface area (Å²) in [6.07, 6.45) is 1.65. The van der Waals surface area contributed by atoms with Gasteiger partial charge in [-0.2, -0.15) is 5.10 Å². The molecular weight excluding hydrogens is 444 g/mol. The number of nitrogens with one attached hydrogen (secondary N) is 2. The van der Waals surface area contributed by atoms with E-state index in [9.17, 15) is 14.4 Å². The van der Waals surface area contributed by atoms with E-state index in [0.29, 0.717) is 45.2 Å². The molecule has 172 valence electrons. The van der Waals surface area contributed by atoms with Crippen molar-refractivity contribution in [2.75, 3.05) is 0 Å². The van der Waals surface area contributed by atoms with E-state index in [1.807, 2.05) is 18.2 Å². The minimum atomic E-state index is -0.639. The quantitative estimate of drug-likeness (QED) is 0.395. The number of benzene rings is 2. The van der Waals surface area contributed by atoms with Crippen LogP contribution in [0.15, 0.2) is 83.8 Å². The SMILES string of the molecule is CCn1nc(C(=O)NNC(=O)c2cc(-c3ccccn3)nc3ccccc23)c2ccccc2c1=O. The zero-order valence-corrected chi connectivity index (χ0v) is 18.7. The van der Waals surface area contributed by atoms with Gasteiger partial charge in [0.15, 0.2) is 5.69 Å². The average molecular weight is 464 g/mol. The lowest BCUT2D eigenvalue weighted by molar-refractivity contribution is 0.0844. The smallest absolute Gasteiger partial charge is 0.267 e. The van der Waals surface area contributed by atoms with Crippen molar-refractivity contribution in [2.45, 2.75) is 13.5 Å². The molecule has 9 nitrogen and oxygen atoms in total. The molecule has 2 amide bonds. The molecule has 3 heterocycles. The molecule has 5 rings (SSSR count). The molecular formula is C26H20N6O3. The number of nitrogens with zero attached hydrogens (tertiary/aromatic N) is 4. The van der Waals surface area contributed by atoms with Gasteiger partial charge in [0.25, 0.3) is 17.4 Å². The predicted octanol–water partition coefficient (Wildman–Crippen LogP) is 3.10. The molecule has 0 fully saturated rings. The Kier molecular flexibility index (Phi) is 5.72. The summed E-state index contributed by atoms with van der Waals surface area (Å²) in [7, 11) is 0. The number of amides is 2.